The van der Waals surface area contributed by atoms with E-state index in [9.17, 15) is 0 Å². The van der Waals surface area contributed by atoms with Gasteiger partial charge >= 0.3 is 0 Å². The molecule has 3 aromatic rings. The number of nitrogens with one attached hydrogen (secondary N) is 1. The Balaban J connectivity index is 1.81. The number of nitrogens with zero attached hydrogens (tertiary/aromatic N) is 1. The lowest BCUT2D eigenvalue weighted by molar-refractivity contribution is 0.257. The Labute approximate surface area is 142 Å². The van der Waals surface area contributed by atoms with Crippen LogP contribution in [0.3, 0.4) is 0 Å². The molecule has 0 fully saturated rings. The number of H-pyrrole nitrogens is 1. The van der Waals surface area contributed by atoms with Crippen molar-refractivity contribution in [1.82, 2.24) is 9.97 Å². The molecule has 0 atom stereocenters. The fourth-order valence-corrected chi connectivity index (χ4v) is 2.39. The summed E-state index contributed by atoms with van der Waals surface area (Å²) in [5.41, 5.74) is 3.04. The number of para-hydroxylation sites is 2. The van der Waals surface area contributed by atoms with Gasteiger partial charge in [-0.25, -0.2) is 4.98 Å². The lowest BCUT2D eigenvalue weighted by atomic mass is 10.2. The molecule has 24 heavy (non-hydrogen) atoms. The first-order valence-electron chi connectivity index (χ1n) is 8.09. The van der Waals surface area contributed by atoms with Gasteiger partial charge in [-0.3, -0.25) is 0 Å². The van der Waals surface area contributed by atoms with E-state index in [1.165, 1.54) is 0 Å². The van der Waals surface area contributed by atoms with E-state index in [1.54, 1.807) is 7.11 Å². The topological polar surface area (TPSA) is 47.1 Å². The molecule has 0 aliphatic heterocycles. The number of aromatic nitrogens is 2. The van der Waals surface area contributed by atoms with Crippen LogP contribution in [-0.4, -0.2) is 23.7 Å². The van der Waals surface area contributed by atoms with Crippen LogP contribution in [0.5, 0.6) is 11.5 Å². The van der Waals surface area contributed by atoms with E-state index in [0.29, 0.717) is 12.5 Å². The van der Waals surface area contributed by atoms with Crippen LogP contribution < -0.4 is 9.47 Å². The zero-order valence-electron chi connectivity index (χ0n) is 14.2. The van der Waals surface area contributed by atoms with E-state index in [4.69, 9.17) is 9.47 Å². The summed E-state index contributed by atoms with van der Waals surface area (Å²) in [7, 11) is 1.65. The van der Waals surface area contributed by atoms with Gasteiger partial charge in [0.05, 0.1) is 24.8 Å². The predicted molar refractivity (Wildman–Crippen MR) is 98.3 cm³/mol. The number of imidazole rings is 1. The van der Waals surface area contributed by atoms with Crippen LogP contribution in [0.15, 0.2) is 42.5 Å². The van der Waals surface area contributed by atoms with Gasteiger partial charge in [0.25, 0.3) is 0 Å². The Morgan fingerprint density at radius 3 is 2.67 bits per heavy atom. The minimum absolute atomic E-state index is 0.462. The highest BCUT2D eigenvalue weighted by molar-refractivity contribution is 5.78. The molecule has 1 heterocycles. The summed E-state index contributed by atoms with van der Waals surface area (Å²) in [6.45, 7) is 4.91. The number of rotatable bonds is 6. The molecular weight excluding hydrogens is 300 g/mol. The molecule has 0 aliphatic carbocycles. The predicted octanol–water partition coefficient (Wildman–Crippen LogP) is 4.78. The molecule has 2 aromatic carbocycles. The standard InChI is InChI=1S/C20H22N2O2/c1-14(2)13-24-19-12-15(8-10-18(19)23-3)9-11-20-21-16-6-4-5-7-17(16)22-20/h4-12,14H,13H2,1-3H3,(H,21,22). The molecule has 0 aliphatic rings. The molecule has 3 rings (SSSR count). The lowest BCUT2D eigenvalue weighted by Gasteiger charge is -2.12. The van der Waals surface area contributed by atoms with Crippen molar-refractivity contribution in [3.05, 3.63) is 53.9 Å². The van der Waals surface area contributed by atoms with Crippen LogP contribution >= 0.6 is 0 Å². The van der Waals surface area contributed by atoms with Crippen LogP contribution in [0.25, 0.3) is 23.2 Å². The summed E-state index contributed by atoms with van der Waals surface area (Å²) in [5, 5.41) is 0. The number of methoxy groups -OCH3 is 1. The number of hydrogen-bond acceptors (Lipinski definition) is 3. The molecule has 1 aromatic heterocycles. The SMILES string of the molecule is COc1ccc(C=Cc2nc3ccccc3[nH]2)cc1OCC(C)C. The van der Waals surface area contributed by atoms with E-state index >= 15 is 0 Å². The van der Waals surface area contributed by atoms with Gasteiger partial charge < -0.3 is 14.5 Å². The van der Waals surface area contributed by atoms with Crippen LogP contribution in [0.2, 0.25) is 0 Å². The maximum Gasteiger partial charge on any atom is 0.161 e. The van der Waals surface area contributed by atoms with Crippen LogP contribution in [-0.2, 0) is 0 Å². The lowest BCUT2D eigenvalue weighted by Crippen LogP contribution is -2.05. The van der Waals surface area contributed by atoms with Crippen LogP contribution in [0, 0.1) is 5.92 Å². The van der Waals surface area contributed by atoms with Gasteiger partial charge in [-0.05, 0) is 41.8 Å². The first kappa shape index (κ1) is 16.1. The van der Waals surface area contributed by atoms with Gasteiger partial charge in [0.1, 0.15) is 5.82 Å². The Kier molecular flexibility index (Phi) is 4.85. The molecule has 0 saturated carbocycles. The van der Waals surface area contributed by atoms with Crippen molar-refractivity contribution < 1.29 is 9.47 Å². The Bertz CT molecular complexity index is 817. The Morgan fingerprint density at radius 2 is 1.92 bits per heavy atom. The van der Waals surface area contributed by atoms with Crippen molar-refractivity contribution in [3.8, 4) is 11.5 Å². The second kappa shape index (κ2) is 7.21. The number of aromatic amines is 1. The first-order chi connectivity index (χ1) is 11.7. The highest BCUT2D eigenvalue weighted by Crippen LogP contribution is 2.29. The van der Waals surface area contributed by atoms with Gasteiger partial charge in [-0.2, -0.15) is 0 Å². The molecule has 0 spiro atoms. The quantitative estimate of drug-likeness (QED) is 0.710. The minimum Gasteiger partial charge on any atom is -0.493 e. The van der Waals surface area contributed by atoms with E-state index in [2.05, 4.69) is 23.8 Å². The van der Waals surface area contributed by atoms with E-state index in [-0.39, 0.29) is 0 Å². The number of fused-ring (bicyclic) bond motifs is 1. The third-order valence-electron chi connectivity index (χ3n) is 3.60. The van der Waals surface area contributed by atoms with Crippen molar-refractivity contribution in [1.29, 1.82) is 0 Å². The fraction of sp³-hybridized carbons (Fsp3) is 0.250. The number of ether oxygens (including phenoxy) is 2. The zero-order valence-corrected chi connectivity index (χ0v) is 14.2. The largest absolute Gasteiger partial charge is 0.493 e. The van der Waals surface area contributed by atoms with E-state index in [1.807, 2.05) is 54.6 Å². The van der Waals surface area contributed by atoms with Gasteiger partial charge in [0.2, 0.25) is 0 Å². The molecule has 0 saturated heterocycles. The minimum atomic E-state index is 0.462. The maximum atomic E-state index is 5.85. The molecule has 4 heteroatoms. The molecule has 0 bridgehead atoms. The van der Waals surface area contributed by atoms with E-state index in [0.717, 1.165) is 33.9 Å². The monoisotopic (exact) mass is 322 g/mol. The van der Waals surface area contributed by atoms with Gasteiger partial charge in [0, 0.05) is 0 Å². The van der Waals surface area contributed by atoms with Gasteiger partial charge in [-0.1, -0.05) is 38.1 Å². The van der Waals surface area contributed by atoms with Crippen molar-refractivity contribution in [2.75, 3.05) is 13.7 Å². The maximum absolute atomic E-state index is 5.85. The molecule has 4 nitrogen and oxygen atoms in total. The molecule has 0 amide bonds. The molecule has 124 valence electrons. The highest BCUT2D eigenvalue weighted by Gasteiger charge is 2.06. The third kappa shape index (κ3) is 3.77. The Morgan fingerprint density at radius 1 is 1.08 bits per heavy atom. The van der Waals surface area contributed by atoms with Crippen LogP contribution in [0.1, 0.15) is 25.2 Å². The fourth-order valence-electron chi connectivity index (χ4n) is 2.39. The van der Waals surface area contributed by atoms with E-state index < -0.39 is 0 Å². The summed E-state index contributed by atoms with van der Waals surface area (Å²) in [4.78, 5) is 7.83. The normalized spacial score (nSPS) is 11.5. The number of hydrogen-bond donors (Lipinski definition) is 1. The average Bonchev–Trinajstić information content (AvgIpc) is 3.01. The second-order valence-electron chi connectivity index (χ2n) is 6.09. The highest BCUT2D eigenvalue weighted by atomic mass is 16.5. The second-order valence-corrected chi connectivity index (χ2v) is 6.09. The molecule has 1 N–H and O–H groups in total. The summed E-state index contributed by atoms with van der Waals surface area (Å²) >= 11 is 0. The summed E-state index contributed by atoms with van der Waals surface area (Å²) in [6, 6.07) is 13.9. The first-order valence-corrected chi connectivity index (χ1v) is 8.09. The van der Waals surface area contributed by atoms with Gasteiger partial charge in [-0.15, -0.1) is 0 Å². The van der Waals surface area contributed by atoms with Gasteiger partial charge in [0.15, 0.2) is 11.5 Å². The zero-order chi connectivity index (χ0) is 16.9. The molecule has 0 radical (unpaired) electrons. The van der Waals surface area contributed by atoms with Crippen LogP contribution in [0.4, 0.5) is 0 Å². The summed E-state index contributed by atoms with van der Waals surface area (Å²) in [5.74, 6) is 2.80. The number of benzene rings is 2. The molecular formula is C20H22N2O2. The van der Waals surface area contributed by atoms with Crippen molar-refractivity contribution in [2.24, 2.45) is 5.92 Å². The Hall–Kier alpha value is -2.75. The summed E-state index contributed by atoms with van der Waals surface area (Å²) in [6.07, 6.45) is 3.98. The van der Waals surface area contributed by atoms with Crippen molar-refractivity contribution >= 4 is 23.2 Å². The van der Waals surface area contributed by atoms with Crippen molar-refractivity contribution in [2.45, 2.75) is 13.8 Å². The average molecular weight is 322 g/mol. The molecule has 0 unspecified atom stereocenters. The smallest absolute Gasteiger partial charge is 0.161 e. The van der Waals surface area contributed by atoms with Crippen molar-refractivity contribution in [3.63, 3.8) is 0 Å². The third-order valence-corrected chi connectivity index (χ3v) is 3.60. The summed E-state index contributed by atoms with van der Waals surface area (Å²) < 4.78 is 11.2.